The monoisotopic (exact) mass is 347 g/mol. The Labute approximate surface area is 140 Å². The van der Waals surface area contributed by atoms with Crippen LogP contribution in [0.1, 0.15) is 35.4 Å². The molecule has 5 nitrogen and oxygen atoms in total. The van der Waals surface area contributed by atoms with Crippen molar-refractivity contribution in [3.63, 3.8) is 0 Å². The Morgan fingerprint density at radius 2 is 2.16 bits per heavy atom. The summed E-state index contributed by atoms with van der Waals surface area (Å²) in [7, 11) is 0. The quantitative estimate of drug-likeness (QED) is 0.926. The van der Waals surface area contributed by atoms with Crippen LogP contribution in [0.5, 0.6) is 0 Å². The summed E-state index contributed by atoms with van der Waals surface area (Å²) < 4.78 is 42.2. The van der Waals surface area contributed by atoms with E-state index in [-0.39, 0.29) is 22.5 Å². The zero-order chi connectivity index (χ0) is 18.4. The van der Waals surface area contributed by atoms with Gasteiger partial charge in [-0.15, -0.1) is 0 Å². The second-order valence-corrected chi connectivity index (χ2v) is 5.64. The number of carbonyl (C=O) groups excluding carboxylic acids is 1. The van der Waals surface area contributed by atoms with E-state index in [9.17, 15) is 23.1 Å². The number of benzene rings is 1. The number of pyridine rings is 1. The summed E-state index contributed by atoms with van der Waals surface area (Å²) in [6, 6.07) is 6.76. The molecule has 0 bridgehead atoms. The maximum atomic E-state index is 14.5. The highest BCUT2D eigenvalue weighted by atomic mass is 19.3. The summed E-state index contributed by atoms with van der Waals surface area (Å²) in [6.07, 6.45) is -0.339. The zero-order valence-electron chi connectivity index (χ0n) is 13.0. The van der Waals surface area contributed by atoms with E-state index in [1.54, 1.807) is 6.07 Å². The average Bonchev–Trinajstić information content (AvgIpc) is 2.77. The van der Waals surface area contributed by atoms with Crippen LogP contribution in [0.25, 0.3) is 0 Å². The molecule has 2 heterocycles. The van der Waals surface area contributed by atoms with Crippen LogP contribution in [-0.4, -0.2) is 16.0 Å². The minimum absolute atomic E-state index is 0.00310. The summed E-state index contributed by atoms with van der Waals surface area (Å²) in [6.45, 7) is 0.919. The first-order valence-electron chi connectivity index (χ1n) is 7.33. The van der Waals surface area contributed by atoms with Gasteiger partial charge in [-0.25, -0.2) is 4.39 Å². The van der Waals surface area contributed by atoms with Crippen LogP contribution in [0.2, 0.25) is 0 Å². The van der Waals surface area contributed by atoms with Crippen LogP contribution >= 0.6 is 0 Å². The molecule has 8 heteroatoms. The van der Waals surface area contributed by atoms with Crippen LogP contribution in [0.4, 0.5) is 18.9 Å². The first kappa shape index (κ1) is 16.9. The third-order valence-electron chi connectivity index (χ3n) is 4.01. The Balaban J connectivity index is 2.11. The van der Waals surface area contributed by atoms with Crippen LogP contribution < -0.4 is 4.90 Å². The predicted octanol–water partition coefficient (Wildman–Crippen LogP) is 2.78. The van der Waals surface area contributed by atoms with Gasteiger partial charge in [-0.3, -0.25) is 9.78 Å². The van der Waals surface area contributed by atoms with Crippen molar-refractivity contribution in [1.29, 1.82) is 5.26 Å². The van der Waals surface area contributed by atoms with Gasteiger partial charge in [0, 0.05) is 0 Å². The van der Waals surface area contributed by atoms with E-state index in [0.717, 1.165) is 17.2 Å². The summed E-state index contributed by atoms with van der Waals surface area (Å²) >= 11 is 0. The molecule has 0 unspecified atom stereocenters. The van der Waals surface area contributed by atoms with Crippen molar-refractivity contribution in [2.24, 2.45) is 0 Å². The van der Waals surface area contributed by atoms with Gasteiger partial charge in [0.25, 0.3) is 0 Å². The molecule has 1 amide bonds. The van der Waals surface area contributed by atoms with Crippen LogP contribution in [0, 0.1) is 17.1 Å². The molecule has 3 rings (SSSR count). The second-order valence-electron chi connectivity index (χ2n) is 5.64. The third-order valence-corrected chi connectivity index (χ3v) is 4.01. The Kier molecular flexibility index (Phi) is 3.97. The maximum absolute atomic E-state index is 14.5. The molecule has 1 aliphatic heterocycles. The number of alkyl halides is 2. The second kappa shape index (κ2) is 5.86. The lowest BCUT2D eigenvalue weighted by atomic mass is 9.98. The Bertz CT molecular complexity index is 906. The fourth-order valence-corrected chi connectivity index (χ4v) is 2.86. The molecule has 128 valence electrons. The summed E-state index contributed by atoms with van der Waals surface area (Å²) in [5.74, 6) is -6.03. The molecular weight excluding hydrogens is 335 g/mol. The summed E-state index contributed by atoms with van der Waals surface area (Å²) in [4.78, 5) is 16.8. The normalized spacial score (nSPS) is 16.5. The van der Waals surface area contributed by atoms with E-state index in [2.05, 4.69) is 4.98 Å². The topological polar surface area (TPSA) is 77.2 Å². The van der Waals surface area contributed by atoms with E-state index in [1.807, 2.05) is 0 Å². The SMILES string of the molecule is C[C@H](O)c1cccc2c1C(F)(F)C(=O)N2Cc1ncc(F)cc1C#N. The smallest absolute Gasteiger partial charge is 0.352 e. The fraction of sp³-hybridized carbons (Fsp3) is 0.235. The number of amides is 1. The number of fused-ring (bicyclic) bond motifs is 1. The van der Waals surface area contributed by atoms with Crippen LogP contribution in [-0.2, 0) is 17.3 Å². The lowest BCUT2D eigenvalue weighted by Gasteiger charge is -2.17. The van der Waals surface area contributed by atoms with Crippen LogP contribution in [0.15, 0.2) is 30.5 Å². The number of aromatic nitrogens is 1. The highest BCUT2D eigenvalue weighted by molar-refractivity contribution is 6.06. The van der Waals surface area contributed by atoms with Gasteiger partial charge in [0.15, 0.2) is 0 Å². The Hall–Kier alpha value is -2.92. The molecule has 1 aromatic heterocycles. The molecule has 2 aromatic rings. The standard InChI is InChI=1S/C17H12F3N3O2/c1-9(24)12-3-2-4-14-15(12)17(19,20)16(25)23(14)8-13-10(6-21)5-11(18)7-22-13/h2-5,7,9,24H,8H2,1H3/t9-/m0/s1. The molecule has 0 fully saturated rings. The van der Waals surface area contributed by atoms with Gasteiger partial charge in [0.1, 0.15) is 11.9 Å². The average molecular weight is 347 g/mol. The minimum Gasteiger partial charge on any atom is -0.389 e. The molecule has 0 spiro atoms. The van der Waals surface area contributed by atoms with Gasteiger partial charge in [-0.05, 0) is 24.6 Å². The largest absolute Gasteiger partial charge is 0.389 e. The first-order chi connectivity index (χ1) is 11.8. The van der Waals surface area contributed by atoms with E-state index < -0.39 is 35.9 Å². The number of aliphatic hydroxyl groups excluding tert-OH is 1. The molecular formula is C17H12F3N3O2. The molecule has 1 atom stereocenters. The lowest BCUT2D eigenvalue weighted by molar-refractivity contribution is -0.141. The van der Waals surface area contributed by atoms with E-state index in [1.165, 1.54) is 25.1 Å². The van der Waals surface area contributed by atoms with Crippen molar-refractivity contribution in [3.05, 3.63) is 58.7 Å². The predicted molar refractivity (Wildman–Crippen MR) is 81.1 cm³/mol. The van der Waals surface area contributed by atoms with Gasteiger partial charge in [0.2, 0.25) is 0 Å². The van der Waals surface area contributed by atoms with Gasteiger partial charge in [0.05, 0.1) is 41.4 Å². The van der Waals surface area contributed by atoms with E-state index in [0.29, 0.717) is 0 Å². The zero-order valence-corrected chi connectivity index (χ0v) is 13.0. The molecule has 1 aliphatic rings. The van der Waals surface area contributed by atoms with E-state index in [4.69, 9.17) is 5.26 Å². The summed E-state index contributed by atoms with van der Waals surface area (Å²) in [5, 5.41) is 18.8. The Morgan fingerprint density at radius 1 is 1.44 bits per heavy atom. The van der Waals surface area contributed by atoms with Crippen molar-refractivity contribution < 1.29 is 23.1 Å². The molecule has 0 saturated carbocycles. The number of rotatable bonds is 3. The molecule has 25 heavy (non-hydrogen) atoms. The number of nitrogens with zero attached hydrogens (tertiary/aromatic N) is 3. The highest BCUT2D eigenvalue weighted by Crippen LogP contribution is 2.47. The number of anilines is 1. The number of halogens is 3. The number of hydrogen-bond donors (Lipinski definition) is 1. The Morgan fingerprint density at radius 3 is 2.80 bits per heavy atom. The fourth-order valence-electron chi connectivity index (χ4n) is 2.86. The molecule has 0 saturated heterocycles. The van der Waals surface area contributed by atoms with E-state index >= 15 is 0 Å². The third kappa shape index (κ3) is 2.62. The maximum Gasteiger partial charge on any atom is 0.352 e. The van der Waals surface area contributed by atoms with Gasteiger partial charge in [-0.1, -0.05) is 12.1 Å². The lowest BCUT2D eigenvalue weighted by Crippen LogP contribution is -2.34. The number of nitriles is 1. The molecule has 1 aromatic carbocycles. The van der Waals surface area contributed by atoms with Crippen molar-refractivity contribution >= 4 is 11.6 Å². The number of aliphatic hydroxyl groups is 1. The van der Waals surface area contributed by atoms with Crippen LogP contribution in [0.3, 0.4) is 0 Å². The minimum atomic E-state index is -3.81. The molecule has 0 aliphatic carbocycles. The molecule has 1 N–H and O–H groups in total. The van der Waals surface area contributed by atoms with Crippen molar-refractivity contribution in [2.45, 2.75) is 25.5 Å². The van der Waals surface area contributed by atoms with Gasteiger partial charge < -0.3 is 10.0 Å². The van der Waals surface area contributed by atoms with Gasteiger partial charge >= 0.3 is 11.8 Å². The first-order valence-corrected chi connectivity index (χ1v) is 7.33. The summed E-state index contributed by atoms with van der Waals surface area (Å²) in [5.41, 5.74) is -0.815. The van der Waals surface area contributed by atoms with Crippen molar-refractivity contribution in [1.82, 2.24) is 4.98 Å². The van der Waals surface area contributed by atoms with Gasteiger partial charge in [-0.2, -0.15) is 14.0 Å². The highest BCUT2D eigenvalue weighted by Gasteiger charge is 2.54. The van der Waals surface area contributed by atoms with Crippen molar-refractivity contribution in [2.75, 3.05) is 4.90 Å². The number of carbonyl (C=O) groups is 1. The molecule has 0 radical (unpaired) electrons. The van der Waals surface area contributed by atoms with Crippen molar-refractivity contribution in [3.8, 4) is 6.07 Å². The number of hydrogen-bond acceptors (Lipinski definition) is 4.